The molecule has 0 fully saturated rings. The average molecular weight is 378 g/mol. The molecule has 0 aromatic heterocycles. The van der Waals surface area contributed by atoms with Crippen LogP contribution in [0.25, 0.3) is 0 Å². The minimum Gasteiger partial charge on any atom is -0.480 e. The smallest absolute Gasteiger partial charge is 0.326 e. The van der Waals surface area contributed by atoms with Gasteiger partial charge in [-0.25, -0.2) is 4.79 Å². The summed E-state index contributed by atoms with van der Waals surface area (Å²) in [5.74, 6) is -2.23. The number of nitriles is 1. The molecule has 0 saturated heterocycles. The van der Waals surface area contributed by atoms with Crippen LogP contribution in [0.2, 0.25) is 0 Å². The fourth-order valence-corrected chi connectivity index (χ4v) is 2.52. The van der Waals surface area contributed by atoms with E-state index in [-0.39, 0.29) is 11.5 Å². The van der Waals surface area contributed by atoms with Gasteiger partial charge >= 0.3 is 5.97 Å². The van der Waals surface area contributed by atoms with Crippen LogP contribution < -0.4 is 16.0 Å². The van der Waals surface area contributed by atoms with E-state index in [4.69, 9.17) is 5.73 Å². The lowest BCUT2D eigenvalue weighted by Gasteiger charge is -2.22. The second-order valence-corrected chi connectivity index (χ2v) is 6.49. The number of carboxylic acid groups (broad SMARTS) is 1. The van der Waals surface area contributed by atoms with Gasteiger partial charge in [0.15, 0.2) is 0 Å². The fourth-order valence-electron chi connectivity index (χ4n) is 2.52. The zero-order valence-corrected chi connectivity index (χ0v) is 15.7. The molecule has 1 atom stereocenters. The number of hydrogen-bond donors (Lipinski definition) is 3. The third-order valence-corrected chi connectivity index (χ3v) is 4.05. The molecule has 0 saturated carbocycles. The number of hydrogen-bond acceptors (Lipinski definition) is 5. The standard InChI is InChI=1S/C21H22N4O3/c1-14(2)19(21(27)28)24-20(26)15(12-22)13-25(17-6-4-3-5-7-17)18-10-8-16(23)9-11-18/h3-11,13-14,19H,23H2,1-2H3,(H,24,26)(H,27,28)/b15-13-. The molecule has 0 heterocycles. The van der Waals surface area contributed by atoms with Crippen molar-refractivity contribution < 1.29 is 14.7 Å². The molecule has 0 spiro atoms. The lowest BCUT2D eigenvalue weighted by Crippen LogP contribution is -2.44. The number of nitrogen functional groups attached to an aromatic ring is 1. The highest BCUT2D eigenvalue weighted by atomic mass is 16.4. The number of aliphatic carboxylic acids is 1. The summed E-state index contributed by atoms with van der Waals surface area (Å²) in [6.45, 7) is 3.36. The summed E-state index contributed by atoms with van der Waals surface area (Å²) in [4.78, 5) is 25.5. The van der Waals surface area contributed by atoms with Gasteiger partial charge in [0, 0.05) is 23.3 Å². The van der Waals surface area contributed by atoms with E-state index in [1.165, 1.54) is 6.20 Å². The monoisotopic (exact) mass is 378 g/mol. The highest BCUT2D eigenvalue weighted by molar-refractivity contribution is 6.00. The summed E-state index contributed by atoms with van der Waals surface area (Å²) >= 11 is 0. The number of carboxylic acids is 1. The van der Waals surface area contributed by atoms with Crippen molar-refractivity contribution in [3.05, 3.63) is 66.4 Å². The first kappa shape index (κ1) is 20.5. The number of para-hydroxylation sites is 1. The Bertz CT molecular complexity index is 899. The zero-order valence-electron chi connectivity index (χ0n) is 15.7. The third kappa shape index (κ3) is 5.11. The number of benzene rings is 2. The molecule has 4 N–H and O–H groups in total. The molecule has 28 heavy (non-hydrogen) atoms. The number of carbonyl (C=O) groups excluding carboxylic acids is 1. The van der Waals surface area contributed by atoms with E-state index in [1.54, 1.807) is 43.0 Å². The Balaban J connectivity index is 2.42. The summed E-state index contributed by atoms with van der Waals surface area (Å²) in [6, 6.07) is 16.9. The zero-order chi connectivity index (χ0) is 20.7. The summed E-state index contributed by atoms with van der Waals surface area (Å²) in [5.41, 5.74) is 7.54. The fraction of sp³-hybridized carbons (Fsp3) is 0.190. The maximum absolute atomic E-state index is 12.5. The van der Waals surface area contributed by atoms with Crippen molar-refractivity contribution in [2.45, 2.75) is 19.9 Å². The lowest BCUT2D eigenvalue weighted by atomic mass is 10.0. The normalized spacial score (nSPS) is 12.1. The molecule has 0 aliphatic heterocycles. The van der Waals surface area contributed by atoms with Gasteiger partial charge in [0.05, 0.1) is 0 Å². The number of carbonyl (C=O) groups is 2. The Morgan fingerprint density at radius 1 is 1.11 bits per heavy atom. The Labute approximate surface area is 163 Å². The van der Waals surface area contributed by atoms with Crippen LogP contribution in [0.4, 0.5) is 17.1 Å². The Hall–Kier alpha value is -3.79. The Kier molecular flexibility index (Phi) is 6.77. The minimum absolute atomic E-state index is 0.215. The van der Waals surface area contributed by atoms with Gasteiger partial charge in [-0.2, -0.15) is 5.26 Å². The van der Waals surface area contributed by atoms with Crippen molar-refractivity contribution in [2.24, 2.45) is 5.92 Å². The van der Waals surface area contributed by atoms with Gasteiger partial charge < -0.3 is 21.1 Å². The van der Waals surface area contributed by atoms with Crippen LogP contribution in [0.15, 0.2) is 66.4 Å². The van der Waals surface area contributed by atoms with E-state index in [2.05, 4.69) is 5.32 Å². The molecule has 1 unspecified atom stereocenters. The third-order valence-electron chi connectivity index (χ3n) is 4.05. The van der Waals surface area contributed by atoms with Crippen molar-refractivity contribution >= 4 is 28.9 Å². The molecule has 2 rings (SSSR count). The van der Waals surface area contributed by atoms with Gasteiger partial charge in [-0.1, -0.05) is 32.0 Å². The maximum atomic E-state index is 12.5. The summed E-state index contributed by atoms with van der Waals surface area (Å²) < 4.78 is 0. The van der Waals surface area contributed by atoms with Crippen LogP contribution in [0, 0.1) is 17.2 Å². The molecule has 0 aliphatic carbocycles. The van der Waals surface area contributed by atoms with E-state index < -0.39 is 17.9 Å². The van der Waals surface area contributed by atoms with Crippen molar-refractivity contribution in [2.75, 3.05) is 10.6 Å². The van der Waals surface area contributed by atoms with Crippen molar-refractivity contribution in [1.29, 1.82) is 5.26 Å². The van der Waals surface area contributed by atoms with Crippen LogP contribution in [0.5, 0.6) is 0 Å². The van der Waals surface area contributed by atoms with Gasteiger partial charge in [0.25, 0.3) is 5.91 Å². The van der Waals surface area contributed by atoms with Crippen molar-refractivity contribution in [3.63, 3.8) is 0 Å². The Morgan fingerprint density at radius 3 is 2.18 bits per heavy atom. The molecule has 7 heteroatoms. The predicted molar refractivity (Wildman–Crippen MR) is 108 cm³/mol. The van der Waals surface area contributed by atoms with Crippen molar-refractivity contribution in [1.82, 2.24) is 5.32 Å². The molecule has 144 valence electrons. The number of nitrogens with zero attached hydrogens (tertiary/aromatic N) is 2. The molecule has 2 aromatic rings. The second kappa shape index (κ2) is 9.24. The van der Waals surface area contributed by atoms with E-state index in [9.17, 15) is 20.0 Å². The molecule has 7 nitrogen and oxygen atoms in total. The molecule has 1 amide bonds. The minimum atomic E-state index is -1.15. The first-order valence-electron chi connectivity index (χ1n) is 8.69. The van der Waals surface area contributed by atoms with Gasteiger partial charge in [-0.05, 0) is 42.3 Å². The first-order valence-corrected chi connectivity index (χ1v) is 8.69. The highest BCUT2D eigenvalue weighted by Crippen LogP contribution is 2.27. The molecular formula is C21H22N4O3. The van der Waals surface area contributed by atoms with Gasteiger partial charge in [0.1, 0.15) is 17.7 Å². The number of nitrogens with two attached hydrogens (primary N) is 1. The predicted octanol–water partition coefficient (Wildman–Crippen LogP) is 3.04. The number of anilines is 3. The van der Waals surface area contributed by atoms with E-state index >= 15 is 0 Å². The summed E-state index contributed by atoms with van der Waals surface area (Å²) in [6.07, 6.45) is 1.38. The molecule has 0 aliphatic rings. The number of amides is 1. The van der Waals surface area contributed by atoms with Crippen LogP contribution in [-0.4, -0.2) is 23.0 Å². The van der Waals surface area contributed by atoms with E-state index in [1.807, 2.05) is 36.4 Å². The first-order chi connectivity index (χ1) is 13.3. The van der Waals surface area contributed by atoms with E-state index in [0.717, 1.165) is 5.69 Å². The van der Waals surface area contributed by atoms with Gasteiger partial charge in [-0.15, -0.1) is 0 Å². The average Bonchev–Trinajstić information content (AvgIpc) is 2.68. The van der Waals surface area contributed by atoms with Gasteiger partial charge in [0.2, 0.25) is 0 Å². The molecular weight excluding hydrogens is 356 g/mol. The largest absolute Gasteiger partial charge is 0.480 e. The lowest BCUT2D eigenvalue weighted by molar-refractivity contribution is -0.142. The Morgan fingerprint density at radius 2 is 1.68 bits per heavy atom. The van der Waals surface area contributed by atoms with Crippen molar-refractivity contribution in [3.8, 4) is 6.07 Å². The molecule has 0 radical (unpaired) electrons. The maximum Gasteiger partial charge on any atom is 0.326 e. The highest BCUT2D eigenvalue weighted by Gasteiger charge is 2.25. The topological polar surface area (TPSA) is 119 Å². The molecule has 0 bridgehead atoms. The number of rotatable bonds is 7. The van der Waals surface area contributed by atoms with Crippen LogP contribution in [-0.2, 0) is 9.59 Å². The summed E-state index contributed by atoms with van der Waals surface area (Å²) in [5, 5.41) is 21.2. The molecule has 2 aromatic carbocycles. The van der Waals surface area contributed by atoms with Crippen LogP contribution in [0.1, 0.15) is 13.8 Å². The number of nitrogens with one attached hydrogen (secondary N) is 1. The quantitative estimate of drug-likeness (QED) is 0.387. The van der Waals surface area contributed by atoms with Crippen LogP contribution >= 0.6 is 0 Å². The second-order valence-electron chi connectivity index (χ2n) is 6.49. The summed E-state index contributed by atoms with van der Waals surface area (Å²) in [7, 11) is 0. The van der Waals surface area contributed by atoms with Gasteiger partial charge in [-0.3, -0.25) is 4.79 Å². The van der Waals surface area contributed by atoms with E-state index in [0.29, 0.717) is 11.4 Å². The SMILES string of the molecule is CC(C)C(NC(=O)/C(C#N)=C\N(c1ccccc1)c1ccc(N)cc1)C(=O)O. The van der Waals surface area contributed by atoms with Crippen LogP contribution in [0.3, 0.4) is 0 Å².